The molecule has 2 nitrogen and oxygen atoms in total. The first-order valence-corrected chi connectivity index (χ1v) is 4.18. The van der Waals surface area contributed by atoms with Crippen LogP contribution >= 0.6 is 0 Å². The number of halogens is 3. The minimum Gasteiger partial charge on any atom is -0.359 e. The maximum atomic E-state index is 11.9. The van der Waals surface area contributed by atoms with Gasteiger partial charge in [-0.3, -0.25) is 0 Å². The summed E-state index contributed by atoms with van der Waals surface area (Å²) in [5, 5.41) is 17.2. The minimum absolute atomic E-state index is 0.157. The van der Waals surface area contributed by atoms with E-state index in [9.17, 15) is 13.2 Å². The zero-order valence-electron chi connectivity index (χ0n) is 7.73. The molecule has 0 unspecified atom stereocenters. The molecule has 0 saturated carbocycles. The van der Waals surface area contributed by atoms with Crippen LogP contribution in [-0.4, -0.2) is 22.2 Å². The molecule has 2 N–H and O–H groups in total. The molecule has 5 heteroatoms. The van der Waals surface area contributed by atoms with Crippen molar-refractivity contribution in [2.45, 2.75) is 45.1 Å². The lowest BCUT2D eigenvalue weighted by molar-refractivity contribution is -0.351. The molecule has 13 heavy (non-hydrogen) atoms. The number of rotatable bonds is 4. The lowest BCUT2D eigenvalue weighted by Gasteiger charge is -2.24. The summed E-state index contributed by atoms with van der Waals surface area (Å²) in [5.74, 6) is -3.26. The molecular formula is C8H15F3O2. The zero-order valence-corrected chi connectivity index (χ0v) is 7.73. The van der Waals surface area contributed by atoms with Gasteiger partial charge in [-0.2, -0.15) is 13.2 Å². The molecule has 0 bridgehead atoms. The summed E-state index contributed by atoms with van der Waals surface area (Å²) in [6.45, 7) is 3.73. The summed E-state index contributed by atoms with van der Waals surface area (Å²) >= 11 is 0. The van der Waals surface area contributed by atoms with E-state index in [4.69, 9.17) is 10.2 Å². The predicted octanol–water partition coefficient (Wildman–Crippen LogP) is 2.06. The van der Waals surface area contributed by atoms with Crippen LogP contribution in [0.15, 0.2) is 0 Å². The monoisotopic (exact) mass is 200 g/mol. The molecule has 0 aliphatic heterocycles. The first-order valence-electron chi connectivity index (χ1n) is 4.18. The van der Waals surface area contributed by atoms with Crippen LogP contribution in [0.5, 0.6) is 0 Å². The van der Waals surface area contributed by atoms with Crippen molar-refractivity contribution in [1.82, 2.24) is 0 Å². The molecular weight excluding hydrogens is 185 g/mol. The van der Waals surface area contributed by atoms with E-state index >= 15 is 0 Å². The minimum atomic E-state index is -4.95. The standard InChI is InChI=1S/C8H15F3O2/c1-6(2)4-3-5-7(12,13)8(9,10)11/h6,12-13H,3-5H2,1-2H3. The van der Waals surface area contributed by atoms with Crippen molar-refractivity contribution in [3.63, 3.8) is 0 Å². The third-order valence-corrected chi connectivity index (χ3v) is 1.76. The highest BCUT2D eigenvalue weighted by Crippen LogP contribution is 2.32. The molecule has 0 saturated heterocycles. The van der Waals surface area contributed by atoms with Gasteiger partial charge in [-0.05, 0) is 12.3 Å². The van der Waals surface area contributed by atoms with Crippen LogP contribution in [0, 0.1) is 5.92 Å². The Morgan fingerprint density at radius 1 is 1.15 bits per heavy atom. The lowest BCUT2D eigenvalue weighted by atomic mass is 10.0. The van der Waals surface area contributed by atoms with E-state index in [2.05, 4.69) is 0 Å². The fourth-order valence-corrected chi connectivity index (χ4v) is 0.899. The Kier molecular flexibility index (Phi) is 4.19. The van der Waals surface area contributed by atoms with Gasteiger partial charge in [0.15, 0.2) is 0 Å². The summed E-state index contributed by atoms with van der Waals surface area (Å²) < 4.78 is 35.6. The summed E-state index contributed by atoms with van der Waals surface area (Å²) in [5.41, 5.74) is 0. The topological polar surface area (TPSA) is 40.5 Å². The van der Waals surface area contributed by atoms with Gasteiger partial charge in [0.2, 0.25) is 0 Å². The van der Waals surface area contributed by atoms with Gasteiger partial charge in [0.05, 0.1) is 0 Å². The maximum absolute atomic E-state index is 11.9. The fraction of sp³-hybridized carbons (Fsp3) is 1.00. The van der Waals surface area contributed by atoms with Gasteiger partial charge in [-0.25, -0.2) is 0 Å². The van der Waals surface area contributed by atoms with E-state index in [0.717, 1.165) is 0 Å². The van der Waals surface area contributed by atoms with Crippen LogP contribution in [-0.2, 0) is 0 Å². The van der Waals surface area contributed by atoms with Crippen molar-refractivity contribution in [3.8, 4) is 0 Å². The molecule has 0 aromatic heterocycles. The molecule has 0 aliphatic carbocycles. The summed E-state index contributed by atoms with van der Waals surface area (Å²) in [6, 6.07) is 0. The van der Waals surface area contributed by atoms with E-state index in [1.54, 1.807) is 0 Å². The van der Waals surface area contributed by atoms with Gasteiger partial charge in [0.25, 0.3) is 5.79 Å². The van der Waals surface area contributed by atoms with Crippen LogP contribution < -0.4 is 0 Å². The first kappa shape index (κ1) is 12.7. The highest BCUT2D eigenvalue weighted by molar-refractivity contribution is 4.73. The Bertz CT molecular complexity index is 152. The molecule has 0 fully saturated rings. The molecule has 0 radical (unpaired) electrons. The summed E-state index contributed by atoms with van der Waals surface area (Å²) in [6.07, 6.45) is -4.90. The number of hydrogen-bond donors (Lipinski definition) is 2. The Morgan fingerprint density at radius 2 is 1.62 bits per heavy atom. The van der Waals surface area contributed by atoms with Crippen LogP contribution in [0.2, 0.25) is 0 Å². The lowest BCUT2D eigenvalue weighted by Crippen LogP contribution is -2.44. The Balaban J connectivity index is 3.90. The number of aliphatic hydroxyl groups is 2. The van der Waals surface area contributed by atoms with E-state index in [-0.39, 0.29) is 12.3 Å². The van der Waals surface area contributed by atoms with Crippen molar-refractivity contribution < 1.29 is 23.4 Å². The molecule has 0 heterocycles. The van der Waals surface area contributed by atoms with Crippen LogP contribution in [0.3, 0.4) is 0 Å². The second-order valence-corrected chi connectivity index (χ2v) is 3.60. The number of hydrogen-bond acceptors (Lipinski definition) is 2. The fourth-order valence-electron chi connectivity index (χ4n) is 0.899. The highest BCUT2D eigenvalue weighted by Gasteiger charge is 2.52. The van der Waals surface area contributed by atoms with E-state index < -0.39 is 18.4 Å². The van der Waals surface area contributed by atoms with Crippen molar-refractivity contribution >= 4 is 0 Å². The third kappa shape index (κ3) is 4.47. The molecule has 0 atom stereocenters. The second-order valence-electron chi connectivity index (χ2n) is 3.60. The summed E-state index contributed by atoms with van der Waals surface area (Å²) in [7, 11) is 0. The Labute approximate surface area is 75.4 Å². The van der Waals surface area contributed by atoms with Crippen molar-refractivity contribution in [2.75, 3.05) is 0 Å². The van der Waals surface area contributed by atoms with E-state index in [0.29, 0.717) is 6.42 Å². The van der Waals surface area contributed by atoms with Crippen LogP contribution in [0.4, 0.5) is 13.2 Å². The molecule has 0 spiro atoms. The van der Waals surface area contributed by atoms with Gasteiger partial charge >= 0.3 is 6.18 Å². The van der Waals surface area contributed by atoms with Gasteiger partial charge in [-0.15, -0.1) is 0 Å². The third-order valence-electron chi connectivity index (χ3n) is 1.76. The Morgan fingerprint density at radius 3 is 1.92 bits per heavy atom. The highest BCUT2D eigenvalue weighted by atomic mass is 19.4. The molecule has 80 valence electrons. The molecule has 0 amide bonds. The van der Waals surface area contributed by atoms with Gasteiger partial charge in [0.1, 0.15) is 0 Å². The SMILES string of the molecule is CC(C)CCCC(O)(O)C(F)(F)F. The van der Waals surface area contributed by atoms with Crippen molar-refractivity contribution in [3.05, 3.63) is 0 Å². The van der Waals surface area contributed by atoms with E-state index in [1.165, 1.54) is 0 Å². The smallest absolute Gasteiger partial charge is 0.359 e. The Hall–Kier alpha value is -0.290. The van der Waals surface area contributed by atoms with Gasteiger partial charge in [0, 0.05) is 6.42 Å². The van der Waals surface area contributed by atoms with Crippen molar-refractivity contribution in [2.24, 2.45) is 5.92 Å². The zero-order chi connectivity index (χ0) is 10.7. The van der Waals surface area contributed by atoms with Crippen molar-refractivity contribution in [1.29, 1.82) is 0 Å². The first-order chi connectivity index (χ1) is 5.67. The molecule has 0 rings (SSSR count). The second kappa shape index (κ2) is 4.28. The molecule has 0 aromatic carbocycles. The largest absolute Gasteiger partial charge is 0.442 e. The van der Waals surface area contributed by atoms with Gasteiger partial charge in [-0.1, -0.05) is 20.3 Å². The average molecular weight is 200 g/mol. The quantitative estimate of drug-likeness (QED) is 0.682. The van der Waals surface area contributed by atoms with E-state index in [1.807, 2.05) is 13.8 Å². The normalized spacial score (nSPS) is 13.8. The predicted molar refractivity (Wildman–Crippen MR) is 41.9 cm³/mol. The van der Waals surface area contributed by atoms with Crippen LogP contribution in [0.25, 0.3) is 0 Å². The molecule has 0 aromatic rings. The maximum Gasteiger partial charge on any atom is 0.442 e. The summed E-state index contributed by atoms with van der Waals surface area (Å²) in [4.78, 5) is 0. The average Bonchev–Trinajstić information content (AvgIpc) is 1.82. The molecule has 0 aliphatic rings. The number of alkyl halides is 3. The van der Waals surface area contributed by atoms with Crippen LogP contribution in [0.1, 0.15) is 33.1 Å². The van der Waals surface area contributed by atoms with Gasteiger partial charge < -0.3 is 10.2 Å².